The lowest BCUT2D eigenvalue weighted by molar-refractivity contribution is -0.262. The van der Waals surface area contributed by atoms with Crippen LogP contribution in [-0.4, -0.2) is 35.7 Å². The van der Waals surface area contributed by atoms with Crippen LogP contribution in [-0.2, 0) is 24.2 Å². The van der Waals surface area contributed by atoms with E-state index in [-0.39, 0.29) is 5.57 Å². The van der Waals surface area contributed by atoms with Crippen molar-refractivity contribution in [2.24, 2.45) is 5.73 Å². The van der Waals surface area contributed by atoms with Crippen molar-refractivity contribution in [3.05, 3.63) is 12.2 Å². The molecular formula is C11H18N2O6. The molecule has 0 aliphatic carbocycles. The zero-order valence-electron chi connectivity index (χ0n) is 10.7. The topological polar surface area (TPSA) is 128 Å². The van der Waals surface area contributed by atoms with E-state index < -0.39 is 30.6 Å². The lowest BCUT2D eigenvalue weighted by atomic mass is 10.1. The van der Waals surface area contributed by atoms with Crippen LogP contribution in [0.3, 0.4) is 0 Å². The largest absolute Gasteiger partial charge is 0.404 e. The second-order valence-electron chi connectivity index (χ2n) is 3.65. The molecule has 1 atom stereocenters. The van der Waals surface area contributed by atoms with Crippen LogP contribution in [0.25, 0.3) is 0 Å². The molecule has 1 unspecified atom stereocenters. The molecule has 0 spiro atoms. The van der Waals surface area contributed by atoms with Crippen molar-refractivity contribution in [1.29, 1.82) is 0 Å². The first kappa shape index (κ1) is 17.1. The fraction of sp³-hybridized carbons (Fsp3) is 0.545. The highest BCUT2D eigenvalue weighted by atomic mass is 17.2. The summed E-state index contributed by atoms with van der Waals surface area (Å²) < 4.78 is 0. The molecule has 0 aliphatic heterocycles. The first-order valence-corrected chi connectivity index (χ1v) is 5.70. The standard InChI is InChI=1S/C11H18N2O6/c1-3-4-5-7(2)10(16)18-19-11(17)9(15)13-8(14)6-12/h9,15H,2-6,12H2,1H3,(H,13,14). The number of hydrogen-bond acceptors (Lipinski definition) is 7. The number of aliphatic hydroxyl groups excluding tert-OH is 1. The van der Waals surface area contributed by atoms with Gasteiger partial charge in [-0.2, -0.15) is 0 Å². The van der Waals surface area contributed by atoms with Crippen LogP contribution in [0, 0.1) is 0 Å². The third-order valence-corrected chi connectivity index (χ3v) is 2.03. The molecule has 0 aromatic heterocycles. The van der Waals surface area contributed by atoms with Crippen LogP contribution in [0.4, 0.5) is 0 Å². The molecule has 0 rings (SSSR count). The minimum Gasteiger partial charge on any atom is -0.364 e. The molecule has 0 saturated carbocycles. The number of hydrogen-bond donors (Lipinski definition) is 3. The minimum absolute atomic E-state index is 0.148. The summed E-state index contributed by atoms with van der Waals surface area (Å²) in [5, 5.41) is 11.0. The zero-order valence-corrected chi connectivity index (χ0v) is 10.7. The summed E-state index contributed by atoms with van der Waals surface area (Å²) in [6.45, 7) is 5.00. The summed E-state index contributed by atoms with van der Waals surface area (Å²) in [4.78, 5) is 41.4. The lowest BCUT2D eigenvalue weighted by Crippen LogP contribution is -2.44. The number of carbonyl (C=O) groups is 3. The van der Waals surface area contributed by atoms with Crippen molar-refractivity contribution in [3.8, 4) is 0 Å². The second-order valence-corrected chi connectivity index (χ2v) is 3.65. The third-order valence-electron chi connectivity index (χ3n) is 2.03. The zero-order chi connectivity index (χ0) is 14.8. The molecule has 0 aromatic carbocycles. The van der Waals surface area contributed by atoms with Gasteiger partial charge in [0, 0.05) is 5.57 Å². The van der Waals surface area contributed by atoms with Crippen molar-refractivity contribution < 1.29 is 29.3 Å². The summed E-state index contributed by atoms with van der Waals surface area (Å²) in [6, 6.07) is 0. The smallest absolute Gasteiger partial charge is 0.364 e. The number of nitrogens with two attached hydrogens (primary N) is 1. The van der Waals surface area contributed by atoms with E-state index in [0.29, 0.717) is 6.42 Å². The van der Waals surface area contributed by atoms with Crippen molar-refractivity contribution in [2.75, 3.05) is 6.54 Å². The Morgan fingerprint density at radius 3 is 2.53 bits per heavy atom. The fourth-order valence-corrected chi connectivity index (χ4v) is 0.946. The number of nitrogens with one attached hydrogen (secondary N) is 1. The van der Waals surface area contributed by atoms with E-state index >= 15 is 0 Å². The van der Waals surface area contributed by atoms with Gasteiger partial charge in [0.1, 0.15) is 0 Å². The number of aliphatic hydroxyl groups is 1. The Balaban J connectivity index is 4.04. The van der Waals surface area contributed by atoms with Crippen molar-refractivity contribution in [1.82, 2.24) is 5.32 Å². The van der Waals surface area contributed by atoms with E-state index in [2.05, 4.69) is 16.4 Å². The van der Waals surface area contributed by atoms with Gasteiger partial charge in [-0.1, -0.05) is 19.9 Å². The van der Waals surface area contributed by atoms with E-state index in [4.69, 9.17) is 10.8 Å². The second kappa shape index (κ2) is 9.06. The average molecular weight is 274 g/mol. The molecule has 0 bridgehead atoms. The molecule has 8 nitrogen and oxygen atoms in total. The molecule has 0 heterocycles. The lowest BCUT2D eigenvalue weighted by Gasteiger charge is -2.10. The fourth-order valence-electron chi connectivity index (χ4n) is 0.946. The molecule has 0 radical (unpaired) electrons. The van der Waals surface area contributed by atoms with Gasteiger partial charge in [0.25, 0.3) is 0 Å². The summed E-state index contributed by atoms with van der Waals surface area (Å²) in [5.41, 5.74) is 5.10. The highest BCUT2D eigenvalue weighted by Crippen LogP contribution is 2.07. The summed E-state index contributed by atoms with van der Waals surface area (Å²) >= 11 is 0. The molecule has 0 saturated heterocycles. The van der Waals surface area contributed by atoms with Gasteiger partial charge in [0.2, 0.25) is 12.1 Å². The SMILES string of the molecule is C=C(CCCC)C(=O)OOC(=O)C(O)NC(=O)CN. The highest BCUT2D eigenvalue weighted by molar-refractivity contribution is 5.88. The van der Waals surface area contributed by atoms with E-state index in [1.165, 1.54) is 0 Å². The van der Waals surface area contributed by atoms with Gasteiger partial charge in [-0.25, -0.2) is 19.4 Å². The van der Waals surface area contributed by atoms with E-state index in [0.717, 1.165) is 12.8 Å². The minimum atomic E-state index is -1.95. The van der Waals surface area contributed by atoms with Crippen molar-refractivity contribution in [2.45, 2.75) is 32.4 Å². The average Bonchev–Trinajstić information content (AvgIpc) is 2.40. The Labute approximate surface area is 110 Å². The van der Waals surface area contributed by atoms with Gasteiger partial charge in [0.15, 0.2) is 0 Å². The third kappa shape index (κ3) is 7.17. The van der Waals surface area contributed by atoms with E-state index in [1.807, 2.05) is 12.2 Å². The van der Waals surface area contributed by atoms with Gasteiger partial charge in [-0.15, -0.1) is 0 Å². The maximum absolute atomic E-state index is 11.3. The van der Waals surface area contributed by atoms with Gasteiger partial charge < -0.3 is 16.2 Å². The van der Waals surface area contributed by atoms with Crippen LogP contribution in [0.1, 0.15) is 26.2 Å². The number of amides is 1. The van der Waals surface area contributed by atoms with E-state index in [1.54, 1.807) is 0 Å². The molecule has 0 aromatic rings. The van der Waals surface area contributed by atoms with Crippen molar-refractivity contribution in [3.63, 3.8) is 0 Å². The maximum Gasteiger partial charge on any atom is 0.404 e. The molecule has 108 valence electrons. The Morgan fingerprint density at radius 2 is 2.00 bits per heavy atom. The molecular weight excluding hydrogens is 256 g/mol. The van der Waals surface area contributed by atoms with Crippen molar-refractivity contribution >= 4 is 17.8 Å². The van der Waals surface area contributed by atoms with Crippen LogP contribution in [0.15, 0.2) is 12.2 Å². The van der Waals surface area contributed by atoms with Crippen LogP contribution in [0.5, 0.6) is 0 Å². The highest BCUT2D eigenvalue weighted by Gasteiger charge is 2.22. The van der Waals surface area contributed by atoms with Gasteiger partial charge in [-0.05, 0) is 12.8 Å². The maximum atomic E-state index is 11.3. The Morgan fingerprint density at radius 1 is 1.37 bits per heavy atom. The number of rotatable bonds is 7. The first-order valence-electron chi connectivity index (χ1n) is 5.70. The summed E-state index contributed by atoms with van der Waals surface area (Å²) in [6.07, 6.45) is 0.0829. The normalized spacial score (nSPS) is 11.3. The van der Waals surface area contributed by atoms with Gasteiger partial charge in [0.05, 0.1) is 6.54 Å². The quantitative estimate of drug-likeness (QED) is 0.238. The molecule has 0 aliphatic rings. The predicted octanol–water partition coefficient (Wildman–Crippen LogP) is -0.872. The molecule has 4 N–H and O–H groups in total. The number of carbonyl (C=O) groups excluding carboxylic acids is 3. The molecule has 1 amide bonds. The predicted molar refractivity (Wildman–Crippen MR) is 64.1 cm³/mol. The van der Waals surface area contributed by atoms with Crippen LogP contribution >= 0.6 is 0 Å². The molecule has 0 fully saturated rings. The summed E-state index contributed by atoms with van der Waals surface area (Å²) in [7, 11) is 0. The van der Waals surface area contributed by atoms with E-state index in [9.17, 15) is 14.4 Å². The Hall–Kier alpha value is -1.93. The molecule has 19 heavy (non-hydrogen) atoms. The van der Waals surface area contributed by atoms with Crippen LogP contribution < -0.4 is 11.1 Å². The molecule has 8 heteroatoms. The Bertz CT molecular complexity index is 355. The number of unbranched alkanes of at least 4 members (excludes halogenated alkanes) is 1. The van der Waals surface area contributed by atoms with Gasteiger partial charge >= 0.3 is 11.9 Å². The summed E-state index contributed by atoms with van der Waals surface area (Å²) in [5.74, 6) is -3.00. The van der Waals surface area contributed by atoms with Crippen LogP contribution in [0.2, 0.25) is 0 Å². The first-order chi connectivity index (χ1) is 8.92. The van der Waals surface area contributed by atoms with Gasteiger partial charge in [-0.3, -0.25) is 4.79 Å². The monoisotopic (exact) mass is 274 g/mol. The Kier molecular flexibility index (Phi) is 8.14.